The Hall–Kier alpha value is -1.79. The molecule has 0 spiro atoms. The largest absolute Gasteiger partial charge is 0.497 e. The van der Waals surface area contributed by atoms with Gasteiger partial charge < -0.3 is 23.8 Å². The predicted octanol–water partition coefficient (Wildman–Crippen LogP) is 1.22. The van der Waals surface area contributed by atoms with Crippen LogP contribution in [0.4, 0.5) is 0 Å². The Balaban J connectivity index is 1.78. The van der Waals surface area contributed by atoms with Gasteiger partial charge in [-0.2, -0.15) is 0 Å². The summed E-state index contributed by atoms with van der Waals surface area (Å²) in [5, 5.41) is 0. The summed E-state index contributed by atoms with van der Waals surface area (Å²) in [5.74, 6) is 1.50. The van der Waals surface area contributed by atoms with Crippen LogP contribution in [-0.2, 0) is 20.8 Å². The molecule has 1 saturated heterocycles. The van der Waals surface area contributed by atoms with Crippen molar-refractivity contribution in [2.75, 3.05) is 33.5 Å². The van der Waals surface area contributed by atoms with E-state index in [1.165, 1.54) is 0 Å². The monoisotopic (exact) mass is 307 g/mol. The molecule has 0 aliphatic carbocycles. The number of methoxy groups -OCH3 is 1. The first-order valence-electron chi connectivity index (χ1n) is 7.51. The molecular weight excluding hydrogens is 286 g/mol. The molecule has 0 aromatic heterocycles. The second-order valence-corrected chi connectivity index (χ2v) is 5.45. The first kappa shape index (κ1) is 15.1. The van der Waals surface area contributed by atoms with E-state index in [4.69, 9.17) is 18.9 Å². The number of rotatable bonds is 2. The number of carbonyl (C=O) groups excluding carboxylic acids is 1. The van der Waals surface area contributed by atoms with Gasteiger partial charge in [-0.1, -0.05) is 0 Å². The first-order chi connectivity index (χ1) is 10.7. The highest BCUT2D eigenvalue weighted by Gasteiger charge is 2.34. The fourth-order valence-corrected chi connectivity index (χ4v) is 2.77. The molecule has 0 N–H and O–H groups in total. The molecule has 1 fully saturated rings. The summed E-state index contributed by atoms with van der Waals surface area (Å²) in [5.41, 5.74) is 0.939. The maximum atomic E-state index is 12.7. The van der Waals surface area contributed by atoms with Gasteiger partial charge in [-0.05, 0) is 25.1 Å². The summed E-state index contributed by atoms with van der Waals surface area (Å²) in [6.07, 6.45) is -0.767. The van der Waals surface area contributed by atoms with Crippen LogP contribution in [0.1, 0.15) is 12.5 Å². The van der Waals surface area contributed by atoms with Crippen molar-refractivity contribution in [3.05, 3.63) is 23.8 Å². The lowest BCUT2D eigenvalue weighted by atomic mass is 10.1. The molecule has 0 unspecified atom stereocenters. The van der Waals surface area contributed by atoms with E-state index in [-0.39, 0.29) is 12.0 Å². The Morgan fingerprint density at radius 1 is 1.27 bits per heavy atom. The van der Waals surface area contributed by atoms with Crippen LogP contribution in [0.15, 0.2) is 18.2 Å². The van der Waals surface area contributed by atoms with Crippen LogP contribution in [0, 0.1) is 0 Å². The van der Waals surface area contributed by atoms with Gasteiger partial charge in [0.15, 0.2) is 6.10 Å². The molecule has 2 aliphatic heterocycles. The van der Waals surface area contributed by atoms with Crippen molar-refractivity contribution in [2.45, 2.75) is 25.7 Å². The van der Waals surface area contributed by atoms with Gasteiger partial charge in [0.05, 0.1) is 33.0 Å². The van der Waals surface area contributed by atoms with E-state index in [9.17, 15) is 4.79 Å². The zero-order valence-corrected chi connectivity index (χ0v) is 12.9. The summed E-state index contributed by atoms with van der Waals surface area (Å²) in [7, 11) is 1.62. The number of carbonyl (C=O) groups is 1. The molecule has 120 valence electrons. The maximum Gasteiger partial charge on any atom is 0.254 e. The molecule has 22 heavy (non-hydrogen) atoms. The second-order valence-electron chi connectivity index (χ2n) is 5.45. The van der Waals surface area contributed by atoms with E-state index in [1.54, 1.807) is 12.0 Å². The maximum absolute atomic E-state index is 12.7. The fraction of sp³-hybridized carbons (Fsp3) is 0.562. The lowest BCUT2D eigenvalue weighted by molar-refractivity contribution is -0.171. The topological polar surface area (TPSA) is 57.2 Å². The standard InChI is InChI=1S/C16H21NO5/c1-11-15(22-8-7-20-11)16(18)17-5-6-21-14-4-3-13(19-2)9-12(14)10-17/h3-4,9,11,15H,5-8,10H2,1-2H3/t11-,15-/m1/s1. The van der Waals surface area contributed by atoms with Crippen molar-refractivity contribution >= 4 is 5.91 Å². The predicted molar refractivity (Wildman–Crippen MR) is 79.1 cm³/mol. The van der Waals surface area contributed by atoms with E-state index in [1.807, 2.05) is 25.1 Å². The SMILES string of the molecule is COc1ccc2c(c1)CN(C(=O)[C@@H]1OCCO[C@@H]1C)CCO2. The van der Waals surface area contributed by atoms with Gasteiger partial charge in [-0.25, -0.2) is 0 Å². The average Bonchev–Trinajstić information content (AvgIpc) is 2.76. The zero-order valence-electron chi connectivity index (χ0n) is 12.9. The molecule has 0 radical (unpaired) electrons. The average molecular weight is 307 g/mol. The van der Waals surface area contributed by atoms with Crippen LogP contribution < -0.4 is 9.47 Å². The smallest absolute Gasteiger partial charge is 0.254 e. The van der Waals surface area contributed by atoms with Crippen molar-refractivity contribution in [1.29, 1.82) is 0 Å². The summed E-state index contributed by atoms with van der Waals surface area (Å²) < 4.78 is 22.1. The van der Waals surface area contributed by atoms with Gasteiger partial charge in [-0.15, -0.1) is 0 Å². The molecule has 1 aromatic carbocycles. The van der Waals surface area contributed by atoms with Crippen molar-refractivity contribution < 1.29 is 23.7 Å². The van der Waals surface area contributed by atoms with Gasteiger partial charge in [0, 0.05) is 12.1 Å². The molecule has 0 bridgehead atoms. The highest BCUT2D eigenvalue weighted by Crippen LogP contribution is 2.28. The molecule has 2 atom stereocenters. The molecule has 2 heterocycles. The first-order valence-corrected chi connectivity index (χ1v) is 7.51. The number of fused-ring (bicyclic) bond motifs is 1. The Kier molecular flexibility index (Phi) is 4.49. The molecule has 1 amide bonds. The van der Waals surface area contributed by atoms with Gasteiger partial charge >= 0.3 is 0 Å². The molecule has 6 nitrogen and oxygen atoms in total. The normalized spacial score (nSPS) is 24.9. The molecule has 3 rings (SSSR count). The van der Waals surface area contributed by atoms with Crippen LogP contribution in [-0.4, -0.2) is 56.5 Å². The Morgan fingerprint density at radius 2 is 2.09 bits per heavy atom. The third-order valence-corrected chi connectivity index (χ3v) is 3.99. The Bertz CT molecular complexity index is 547. The van der Waals surface area contributed by atoms with Gasteiger partial charge in [0.25, 0.3) is 5.91 Å². The highest BCUT2D eigenvalue weighted by molar-refractivity contribution is 5.81. The van der Waals surface area contributed by atoms with E-state index < -0.39 is 6.10 Å². The van der Waals surface area contributed by atoms with Gasteiger partial charge in [0.1, 0.15) is 18.1 Å². The summed E-state index contributed by atoms with van der Waals surface area (Å²) in [4.78, 5) is 14.5. The second kappa shape index (κ2) is 6.54. The van der Waals surface area contributed by atoms with Crippen LogP contribution in [0.5, 0.6) is 11.5 Å². The van der Waals surface area contributed by atoms with Crippen molar-refractivity contribution in [1.82, 2.24) is 4.90 Å². The minimum absolute atomic E-state index is 0.0496. The van der Waals surface area contributed by atoms with Crippen LogP contribution in [0.3, 0.4) is 0 Å². The van der Waals surface area contributed by atoms with Gasteiger partial charge in [-0.3, -0.25) is 4.79 Å². The van der Waals surface area contributed by atoms with E-state index in [2.05, 4.69) is 0 Å². The third-order valence-electron chi connectivity index (χ3n) is 3.99. The molecule has 0 saturated carbocycles. The van der Waals surface area contributed by atoms with Crippen molar-refractivity contribution in [3.8, 4) is 11.5 Å². The third kappa shape index (κ3) is 3.03. The van der Waals surface area contributed by atoms with E-state index in [0.29, 0.717) is 32.9 Å². The molecule has 2 aliphatic rings. The zero-order chi connectivity index (χ0) is 15.5. The summed E-state index contributed by atoms with van der Waals surface area (Å²) in [6, 6.07) is 5.64. The number of hydrogen-bond donors (Lipinski definition) is 0. The molecule has 6 heteroatoms. The van der Waals surface area contributed by atoms with Crippen molar-refractivity contribution in [3.63, 3.8) is 0 Å². The fourth-order valence-electron chi connectivity index (χ4n) is 2.77. The lowest BCUT2D eigenvalue weighted by Gasteiger charge is -2.32. The van der Waals surface area contributed by atoms with E-state index in [0.717, 1.165) is 17.1 Å². The Labute approximate surface area is 129 Å². The quantitative estimate of drug-likeness (QED) is 0.822. The number of amides is 1. The van der Waals surface area contributed by atoms with Gasteiger partial charge in [0.2, 0.25) is 0 Å². The molecule has 1 aromatic rings. The molecular formula is C16H21NO5. The number of benzene rings is 1. The van der Waals surface area contributed by atoms with Crippen LogP contribution >= 0.6 is 0 Å². The Morgan fingerprint density at radius 3 is 2.86 bits per heavy atom. The highest BCUT2D eigenvalue weighted by atomic mass is 16.6. The number of hydrogen-bond acceptors (Lipinski definition) is 5. The van der Waals surface area contributed by atoms with Crippen LogP contribution in [0.25, 0.3) is 0 Å². The summed E-state index contributed by atoms with van der Waals surface area (Å²) in [6.45, 7) is 4.34. The summed E-state index contributed by atoms with van der Waals surface area (Å²) >= 11 is 0. The number of nitrogens with zero attached hydrogens (tertiary/aromatic N) is 1. The number of ether oxygens (including phenoxy) is 4. The van der Waals surface area contributed by atoms with Crippen LogP contribution in [0.2, 0.25) is 0 Å². The lowest BCUT2D eigenvalue weighted by Crippen LogP contribution is -2.49. The van der Waals surface area contributed by atoms with E-state index >= 15 is 0 Å². The minimum atomic E-state index is -0.541. The minimum Gasteiger partial charge on any atom is -0.497 e. The van der Waals surface area contributed by atoms with Crippen molar-refractivity contribution in [2.24, 2.45) is 0 Å².